The number of unbranched alkanes of at least 4 members (excludes halogenated alkanes) is 6. The van der Waals surface area contributed by atoms with Gasteiger partial charge in [0.2, 0.25) is 0 Å². The van der Waals surface area contributed by atoms with Gasteiger partial charge in [-0.1, -0.05) is 65.2 Å². The van der Waals surface area contributed by atoms with Gasteiger partial charge in [-0.3, -0.25) is 0 Å². The topological polar surface area (TPSA) is 36.9 Å². The molecule has 0 fully saturated rings. The predicted octanol–water partition coefficient (Wildman–Crippen LogP) is 6.72. The highest BCUT2D eigenvalue weighted by molar-refractivity contribution is 6.86. The normalized spacial score (nSPS) is 12.7. The van der Waals surface area contributed by atoms with Gasteiger partial charge < -0.3 is 17.7 Å². The van der Waals surface area contributed by atoms with Crippen LogP contribution >= 0.6 is 0 Å². The summed E-state index contributed by atoms with van der Waals surface area (Å²) in [5, 5.41) is 0. The Morgan fingerprint density at radius 3 is 1.04 bits per heavy atom. The van der Waals surface area contributed by atoms with E-state index in [2.05, 4.69) is 41.5 Å². The van der Waals surface area contributed by atoms with Crippen LogP contribution in [-0.4, -0.2) is 43.5 Å². The highest BCUT2D eigenvalue weighted by Gasteiger charge is 2.50. The van der Waals surface area contributed by atoms with Crippen LogP contribution < -0.4 is 0 Å². The second-order valence-electron chi connectivity index (χ2n) is 7.35. The molecule has 0 saturated carbocycles. The minimum Gasteiger partial charge on any atom is -0.395 e. The average Bonchev–Trinajstić information content (AvgIpc) is 2.63. The van der Waals surface area contributed by atoms with Gasteiger partial charge in [-0.05, 0) is 39.8 Å². The Morgan fingerprint density at radius 1 is 0.444 bits per heavy atom. The van der Waals surface area contributed by atoms with Crippen molar-refractivity contribution in [2.75, 3.05) is 26.4 Å². The maximum absolute atomic E-state index is 6.42. The van der Waals surface area contributed by atoms with Crippen LogP contribution in [0, 0.1) is 0 Å². The van der Waals surface area contributed by atoms with E-state index in [9.17, 15) is 0 Å². The zero-order valence-corrected chi connectivity index (χ0v) is 21.2. The minimum absolute atomic E-state index is 0.721. The Morgan fingerprint density at radius 2 is 0.778 bits per heavy atom. The van der Waals surface area contributed by atoms with Crippen molar-refractivity contribution >= 4 is 17.1 Å². The standard InChI is InChI=1S/C21H48O4Si2/c1-7-13-15-17-19-26(22-9-3,23-10-4)21-27(24-11-5,25-12-6)20-18-16-14-8-2/h7-21H2,1-6H3. The maximum Gasteiger partial charge on any atom is 0.340 e. The van der Waals surface area contributed by atoms with Gasteiger partial charge in [-0.25, -0.2) is 0 Å². The van der Waals surface area contributed by atoms with Crippen molar-refractivity contribution < 1.29 is 17.7 Å². The second-order valence-corrected chi connectivity index (χ2v) is 14.6. The monoisotopic (exact) mass is 420 g/mol. The van der Waals surface area contributed by atoms with Crippen molar-refractivity contribution in [3.63, 3.8) is 0 Å². The highest BCUT2D eigenvalue weighted by atomic mass is 28.4. The molecule has 0 aliphatic rings. The second kappa shape index (κ2) is 17.2. The third-order valence-corrected chi connectivity index (χ3v) is 14.8. The van der Waals surface area contributed by atoms with Gasteiger partial charge in [-0.15, -0.1) is 0 Å². The summed E-state index contributed by atoms with van der Waals surface area (Å²) in [7, 11) is -4.62. The molecule has 4 nitrogen and oxygen atoms in total. The fraction of sp³-hybridized carbons (Fsp3) is 1.00. The molecule has 0 unspecified atom stereocenters. The molecular formula is C21H48O4Si2. The molecular weight excluding hydrogens is 372 g/mol. The molecule has 6 heteroatoms. The van der Waals surface area contributed by atoms with Crippen molar-refractivity contribution in [1.82, 2.24) is 0 Å². The van der Waals surface area contributed by atoms with Crippen LogP contribution in [0.2, 0.25) is 17.8 Å². The van der Waals surface area contributed by atoms with Crippen LogP contribution in [0.1, 0.15) is 92.9 Å². The van der Waals surface area contributed by atoms with Crippen LogP contribution in [0.15, 0.2) is 0 Å². The number of hydrogen-bond donors (Lipinski definition) is 0. The summed E-state index contributed by atoms with van der Waals surface area (Å²) >= 11 is 0. The van der Waals surface area contributed by atoms with Crippen LogP contribution in [0.5, 0.6) is 0 Å². The molecule has 0 aliphatic heterocycles. The quantitative estimate of drug-likeness (QED) is 0.162. The molecule has 0 spiro atoms. The van der Waals surface area contributed by atoms with Gasteiger partial charge in [0.15, 0.2) is 0 Å². The van der Waals surface area contributed by atoms with Crippen LogP contribution in [-0.2, 0) is 17.7 Å². The summed E-state index contributed by atoms with van der Waals surface area (Å²) in [4.78, 5) is 0. The average molecular weight is 421 g/mol. The van der Waals surface area contributed by atoms with Gasteiger partial charge in [0, 0.05) is 32.1 Å². The molecule has 0 heterocycles. The molecule has 0 amide bonds. The van der Waals surface area contributed by atoms with E-state index in [0.29, 0.717) is 0 Å². The maximum atomic E-state index is 6.42. The molecule has 0 aromatic rings. The largest absolute Gasteiger partial charge is 0.395 e. The predicted molar refractivity (Wildman–Crippen MR) is 121 cm³/mol. The number of hydrogen-bond acceptors (Lipinski definition) is 4. The van der Waals surface area contributed by atoms with Gasteiger partial charge in [-0.2, -0.15) is 0 Å². The van der Waals surface area contributed by atoms with Crippen LogP contribution in [0.25, 0.3) is 0 Å². The summed E-state index contributed by atoms with van der Waals surface area (Å²) < 4.78 is 25.7. The summed E-state index contributed by atoms with van der Waals surface area (Å²) in [6, 6.07) is 2.14. The fourth-order valence-corrected chi connectivity index (χ4v) is 14.6. The van der Waals surface area contributed by atoms with E-state index in [1.165, 1.54) is 51.4 Å². The third-order valence-electron chi connectivity index (χ3n) is 4.99. The molecule has 164 valence electrons. The van der Waals surface area contributed by atoms with Crippen molar-refractivity contribution in [2.45, 2.75) is 111 Å². The van der Waals surface area contributed by atoms with Crippen LogP contribution in [0.3, 0.4) is 0 Å². The molecule has 0 saturated heterocycles. The SMILES string of the molecule is CCCCCC[Si](C[Si](CCCCCC)(OCC)OCC)(OCC)OCC. The first-order valence-electron chi connectivity index (χ1n) is 11.6. The lowest BCUT2D eigenvalue weighted by Gasteiger charge is -2.38. The molecule has 0 radical (unpaired) electrons. The molecule has 0 atom stereocenters. The van der Waals surface area contributed by atoms with Gasteiger partial charge in [0.05, 0.1) is 0 Å². The van der Waals surface area contributed by atoms with Crippen molar-refractivity contribution in [3.05, 3.63) is 0 Å². The molecule has 0 aliphatic carbocycles. The zero-order valence-electron chi connectivity index (χ0n) is 19.2. The Balaban J connectivity index is 5.35. The Kier molecular flexibility index (Phi) is 17.3. The highest BCUT2D eigenvalue weighted by Crippen LogP contribution is 2.33. The minimum atomic E-state index is -2.31. The van der Waals surface area contributed by atoms with Crippen LogP contribution in [0.4, 0.5) is 0 Å². The zero-order chi connectivity index (χ0) is 20.4. The van der Waals surface area contributed by atoms with E-state index >= 15 is 0 Å². The lowest BCUT2D eigenvalue weighted by molar-refractivity contribution is 0.160. The Hall–Kier alpha value is 0.274. The summed E-state index contributed by atoms with van der Waals surface area (Å²) in [6.45, 7) is 15.8. The van der Waals surface area contributed by atoms with E-state index < -0.39 is 17.1 Å². The van der Waals surface area contributed by atoms with Gasteiger partial charge in [0.1, 0.15) is 0 Å². The Bertz CT molecular complexity index is 287. The molecule has 27 heavy (non-hydrogen) atoms. The van der Waals surface area contributed by atoms with Crippen molar-refractivity contribution in [1.29, 1.82) is 0 Å². The van der Waals surface area contributed by atoms with Crippen molar-refractivity contribution in [3.8, 4) is 0 Å². The smallest absolute Gasteiger partial charge is 0.340 e. The van der Waals surface area contributed by atoms with Gasteiger partial charge in [0.25, 0.3) is 0 Å². The lowest BCUT2D eigenvalue weighted by Crippen LogP contribution is -2.55. The molecule has 0 bridgehead atoms. The third kappa shape index (κ3) is 11.8. The first-order chi connectivity index (χ1) is 13.1. The lowest BCUT2D eigenvalue weighted by atomic mass is 10.2. The number of rotatable bonds is 20. The van der Waals surface area contributed by atoms with E-state index in [4.69, 9.17) is 17.7 Å². The first kappa shape index (κ1) is 27.3. The fourth-order valence-electron chi connectivity index (χ4n) is 3.86. The van der Waals surface area contributed by atoms with E-state index in [0.717, 1.165) is 44.2 Å². The first-order valence-corrected chi connectivity index (χ1v) is 16.1. The summed E-state index contributed by atoms with van der Waals surface area (Å²) in [5.74, 6) is 0. The van der Waals surface area contributed by atoms with E-state index in [1.54, 1.807) is 0 Å². The summed E-state index contributed by atoms with van der Waals surface area (Å²) in [5.41, 5.74) is 0.918. The molecule has 0 N–H and O–H groups in total. The molecule has 0 rings (SSSR count). The molecule has 0 aromatic carbocycles. The van der Waals surface area contributed by atoms with Crippen molar-refractivity contribution in [2.24, 2.45) is 0 Å². The van der Waals surface area contributed by atoms with E-state index in [-0.39, 0.29) is 0 Å². The Labute approximate surface area is 172 Å². The van der Waals surface area contributed by atoms with E-state index in [1.807, 2.05) is 0 Å². The molecule has 0 aromatic heterocycles. The summed E-state index contributed by atoms with van der Waals surface area (Å²) in [6.07, 6.45) is 10.0. The van der Waals surface area contributed by atoms with Gasteiger partial charge >= 0.3 is 17.1 Å².